The standard InChI is InChI=1S/C63H46N2/c1-63(2)58-33-16-13-28-53(58)54-41-40-47(42-59(54)63)64(60-34-17-14-29-55(60)52-27-12-11-26-51(52)50-25-10-9-24-48(50)43-20-5-3-6-21-43)46-38-36-44(37-39-46)49-31-19-32-57-56-30-15-18-35-61(56)65(62(49)57)45-22-7-4-8-23-45/h3-42H,1-2H3. The molecule has 0 amide bonds. The highest BCUT2D eigenvalue weighted by molar-refractivity contribution is 6.14. The van der Waals surface area contributed by atoms with Gasteiger partial charge in [0.1, 0.15) is 0 Å². The summed E-state index contributed by atoms with van der Waals surface area (Å²) in [6, 6.07) is 88.8. The van der Waals surface area contributed by atoms with E-state index >= 15 is 0 Å². The van der Waals surface area contributed by atoms with Crippen molar-refractivity contribution in [1.29, 1.82) is 0 Å². The molecule has 0 fully saturated rings. The van der Waals surface area contributed by atoms with Crippen LogP contribution in [0.3, 0.4) is 0 Å². The molecule has 11 aromatic rings. The van der Waals surface area contributed by atoms with Gasteiger partial charge in [0, 0.05) is 44.4 Å². The third kappa shape index (κ3) is 6.32. The van der Waals surface area contributed by atoms with Crippen LogP contribution in [0.5, 0.6) is 0 Å². The van der Waals surface area contributed by atoms with Gasteiger partial charge in [-0.3, -0.25) is 0 Å². The van der Waals surface area contributed by atoms with Gasteiger partial charge >= 0.3 is 0 Å². The molecule has 0 saturated heterocycles. The van der Waals surface area contributed by atoms with E-state index in [2.05, 4.69) is 266 Å². The van der Waals surface area contributed by atoms with Crippen LogP contribution >= 0.6 is 0 Å². The van der Waals surface area contributed by atoms with Crippen LogP contribution in [0.15, 0.2) is 243 Å². The van der Waals surface area contributed by atoms with Crippen LogP contribution in [0.2, 0.25) is 0 Å². The summed E-state index contributed by atoms with van der Waals surface area (Å²) >= 11 is 0. The van der Waals surface area contributed by atoms with Crippen molar-refractivity contribution in [3.8, 4) is 61.3 Å². The van der Waals surface area contributed by atoms with Crippen molar-refractivity contribution in [1.82, 2.24) is 4.57 Å². The van der Waals surface area contributed by atoms with Crippen LogP contribution < -0.4 is 4.90 Å². The number of benzene rings is 10. The first-order valence-electron chi connectivity index (χ1n) is 22.6. The zero-order valence-corrected chi connectivity index (χ0v) is 36.5. The number of para-hydroxylation sites is 4. The fourth-order valence-electron chi connectivity index (χ4n) is 10.6. The lowest BCUT2D eigenvalue weighted by Gasteiger charge is -2.30. The first kappa shape index (κ1) is 38.5. The Hall–Kier alpha value is -8.20. The van der Waals surface area contributed by atoms with Crippen molar-refractivity contribution >= 4 is 38.9 Å². The Morgan fingerprint density at radius 1 is 0.338 bits per heavy atom. The summed E-state index contributed by atoms with van der Waals surface area (Å²) in [5.74, 6) is 0. The molecule has 1 aliphatic rings. The summed E-state index contributed by atoms with van der Waals surface area (Å²) in [7, 11) is 0. The smallest absolute Gasteiger partial charge is 0.0619 e. The van der Waals surface area contributed by atoms with Crippen LogP contribution in [0.4, 0.5) is 17.1 Å². The van der Waals surface area contributed by atoms with E-state index in [0.717, 1.165) is 28.3 Å². The Kier molecular flexibility index (Phi) is 9.21. The largest absolute Gasteiger partial charge is 0.310 e. The number of hydrogen-bond donors (Lipinski definition) is 0. The zero-order valence-electron chi connectivity index (χ0n) is 36.5. The Labute approximate surface area is 381 Å². The van der Waals surface area contributed by atoms with Crippen LogP contribution in [-0.2, 0) is 5.41 Å². The molecule has 10 aromatic carbocycles. The van der Waals surface area contributed by atoms with E-state index in [9.17, 15) is 0 Å². The fraction of sp³-hybridized carbons (Fsp3) is 0.0476. The number of nitrogens with zero attached hydrogens (tertiary/aromatic N) is 2. The molecule has 0 radical (unpaired) electrons. The Bertz CT molecular complexity index is 3560. The van der Waals surface area contributed by atoms with Gasteiger partial charge < -0.3 is 9.47 Å². The van der Waals surface area contributed by atoms with E-state index in [-0.39, 0.29) is 5.41 Å². The number of aromatic nitrogens is 1. The number of fused-ring (bicyclic) bond motifs is 6. The van der Waals surface area contributed by atoms with Gasteiger partial charge in [0.25, 0.3) is 0 Å². The second-order valence-corrected chi connectivity index (χ2v) is 17.6. The fourth-order valence-corrected chi connectivity index (χ4v) is 10.6. The van der Waals surface area contributed by atoms with Gasteiger partial charge in [-0.2, -0.15) is 0 Å². The summed E-state index contributed by atoms with van der Waals surface area (Å²) in [6.45, 7) is 4.73. The van der Waals surface area contributed by atoms with Crippen molar-refractivity contribution in [2.45, 2.75) is 19.3 Å². The van der Waals surface area contributed by atoms with Crippen LogP contribution in [0.1, 0.15) is 25.0 Å². The summed E-state index contributed by atoms with van der Waals surface area (Å²) in [6.07, 6.45) is 0. The minimum absolute atomic E-state index is 0.152. The van der Waals surface area contributed by atoms with Gasteiger partial charge in [-0.25, -0.2) is 0 Å². The molecule has 0 saturated carbocycles. The summed E-state index contributed by atoms with van der Waals surface area (Å²) in [5.41, 5.74) is 21.6. The minimum Gasteiger partial charge on any atom is -0.310 e. The first-order valence-corrected chi connectivity index (χ1v) is 22.6. The highest BCUT2D eigenvalue weighted by atomic mass is 15.1. The van der Waals surface area contributed by atoms with Gasteiger partial charge in [-0.1, -0.05) is 208 Å². The molecule has 0 atom stereocenters. The summed E-state index contributed by atoms with van der Waals surface area (Å²) < 4.78 is 2.42. The second kappa shape index (κ2) is 15.6. The molecule has 0 N–H and O–H groups in total. The Balaban J connectivity index is 1.05. The van der Waals surface area contributed by atoms with Crippen molar-refractivity contribution in [3.05, 3.63) is 254 Å². The van der Waals surface area contributed by atoms with Gasteiger partial charge in [-0.15, -0.1) is 0 Å². The predicted octanol–water partition coefficient (Wildman–Crippen LogP) is 17.2. The maximum atomic E-state index is 2.47. The molecule has 12 rings (SSSR count). The monoisotopic (exact) mass is 830 g/mol. The lowest BCUT2D eigenvalue weighted by molar-refractivity contribution is 0.660. The van der Waals surface area contributed by atoms with E-state index in [0.29, 0.717) is 0 Å². The SMILES string of the molecule is CC1(C)c2ccccc2-c2ccc(N(c3ccc(-c4cccc5c6ccccc6n(-c6ccccc6)c45)cc3)c3ccccc3-c3ccccc3-c3ccccc3-c3ccccc3)cc21. The van der Waals surface area contributed by atoms with Crippen molar-refractivity contribution in [2.75, 3.05) is 4.90 Å². The maximum Gasteiger partial charge on any atom is 0.0619 e. The van der Waals surface area contributed by atoms with E-state index < -0.39 is 0 Å². The summed E-state index contributed by atoms with van der Waals surface area (Å²) in [4.78, 5) is 2.47. The third-order valence-corrected chi connectivity index (χ3v) is 13.6. The van der Waals surface area contributed by atoms with Gasteiger partial charge in [0.2, 0.25) is 0 Å². The molecular formula is C63H46N2. The van der Waals surface area contributed by atoms with Crippen LogP contribution in [-0.4, -0.2) is 4.57 Å². The third-order valence-electron chi connectivity index (χ3n) is 13.6. The van der Waals surface area contributed by atoms with Crippen molar-refractivity contribution in [2.24, 2.45) is 0 Å². The molecular weight excluding hydrogens is 785 g/mol. The predicted molar refractivity (Wildman–Crippen MR) is 275 cm³/mol. The lowest BCUT2D eigenvalue weighted by Crippen LogP contribution is -2.17. The van der Waals surface area contributed by atoms with Gasteiger partial charge in [0.15, 0.2) is 0 Å². The second-order valence-electron chi connectivity index (χ2n) is 17.6. The number of anilines is 3. The quantitative estimate of drug-likeness (QED) is 0.148. The molecule has 308 valence electrons. The first-order chi connectivity index (χ1) is 32.0. The lowest BCUT2D eigenvalue weighted by atomic mass is 9.82. The molecule has 65 heavy (non-hydrogen) atoms. The minimum atomic E-state index is -0.152. The molecule has 0 unspecified atom stereocenters. The van der Waals surface area contributed by atoms with Gasteiger partial charge in [0.05, 0.1) is 16.7 Å². The average Bonchev–Trinajstić information content (AvgIpc) is 3.83. The number of rotatable bonds is 8. The van der Waals surface area contributed by atoms with Crippen molar-refractivity contribution < 1.29 is 0 Å². The normalized spacial score (nSPS) is 12.6. The molecule has 0 aliphatic heterocycles. The Morgan fingerprint density at radius 3 is 1.60 bits per heavy atom. The van der Waals surface area contributed by atoms with E-state index in [1.54, 1.807) is 0 Å². The highest BCUT2D eigenvalue weighted by Gasteiger charge is 2.36. The molecule has 0 bridgehead atoms. The number of hydrogen-bond acceptors (Lipinski definition) is 1. The van der Waals surface area contributed by atoms with E-state index in [1.165, 1.54) is 83.0 Å². The molecule has 1 heterocycles. The Morgan fingerprint density at radius 2 is 0.846 bits per heavy atom. The molecule has 1 aromatic heterocycles. The maximum absolute atomic E-state index is 2.47. The topological polar surface area (TPSA) is 8.17 Å². The molecule has 2 heteroatoms. The van der Waals surface area contributed by atoms with E-state index in [4.69, 9.17) is 0 Å². The zero-order chi connectivity index (χ0) is 43.5. The van der Waals surface area contributed by atoms with Gasteiger partial charge in [-0.05, 0) is 104 Å². The molecule has 0 spiro atoms. The molecule has 1 aliphatic carbocycles. The van der Waals surface area contributed by atoms with Crippen molar-refractivity contribution in [3.63, 3.8) is 0 Å². The summed E-state index contributed by atoms with van der Waals surface area (Å²) in [5, 5.41) is 2.50. The average molecular weight is 831 g/mol. The van der Waals surface area contributed by atoms with Crippen LogP contribution in [0.25, 0.3) is 83.1 Å². The van der Waals surface area contributed by atoms with Crippen LogP contribution in [0, 0.1) is 0 Å². The highest BCUT2D eigenvalue weighted by Crippen LogP contribution is 2.52. The molecule has 2 nitrogen and oxygen atoms in total. The van der Waals surface area contributed by atoms with E-state index in [1.807, 2.05) is 0 Å².